The van der Waals surface area contributed by atoms with E-state index in [1.54, 1.807) is 0 Å². The zero-order valence-corrected chi connectivity index (χ0v) is 17.6. The topological polar surface area (TPSA) is 9.23 Å². The molecule has 1 heteroatoms. The summed E-state index contributed by atoms with van der Waals surface area (Å²) in [5, 5.41) is 0. The summed E-state index contributed by atoms with van der Waals surface area (Å²) in [7, 11) is 1.82. The Labute approximate surface area is 144 Å². The van der Waals surface area contributed by atoms with Crippen molar-refractivity contribution in [1.29, 1.82) is 0 Å². The molecule has 0 spiro atoms. The molecule has 23 heavy (non-hydrogen) atoms. The van der Waals surface area contributed by atoms with Gasteiger partial charge in [0, 0.05) is 7.11 Å². The predicted octanol–water partition coefficient (Wildman–Crippen LogP) is 6.46. The van der Waals surface area contributed by atoms with E-state index in [2.05, 4.69) is 88.3 Å². The molecule has 0 aromatic heterocycles. The van der Waals surface area contributed by atoms with E-state index in [0.717, 1.165) is 0 Å². The molecule has 0 saturated heterocycles. The standard InChI is InChI=1S/C22H38O/c1-19(2,3)15-13-16(20(4,5)6)18(22(10,11)23-12)17(14-15)21(7,8)9/h13-14H,1-12H3. The molecule has 0 atom stereocenters. The van der Waals surface area contributed by atoms with Gasteiger partial charge in [0.15, 0.2) is 0 Å². The number of benzene rings is 1. The lowest BCUT2D eigenvalue weighted by atomic mass is 9.69. The molecular formula is C22H38O. The Hall–Kier alpha value is -0.820. The van der Waals surface area contributed by atoms with Crippen molar-refractivity contribution in [1.82, 2.24) is 0 Å². The van der Waals surface area contributed by atoms with Crippen molar-refractivity contribution >= 4 is 0 Å². The largest absolute Gasteiger partial charge is 0.374 e. The van der Waals surface area contributed by atoms with E-state index in [-0.39, 0.29) is 21.8 Å². The second-order valence-corrected chi connectivity index (χ2v) is 10.4. The van der Waals surface area contributed by atoms with Crippen LogP contribution in [0.2, 0.25) is 0 Å². The highest BCUT2D eigenvalue weighted by molar-refractivity contribution is 5.50. The summed E-state index contributed by atoms with van der Waals surface area (Å²) in [4.78, 5) is 0. The SMILES string of the molecule is COC(C)(C)c1c(C(C)(C)C)cc(C(C)(C)C)cc1C(C)(C)C. The fourth-order valence-corrected chi connectivity index (χ4v) is 3.01. The summed E-state index contributed by atoms with van der Waals surface area (Å²) in [5.41, 5.74) is 5.55. The van der Waals surface area contributed by atoms with Crippen LogP contribution >= 0.6 is 0 Å². The van der Waals surface area contributed by atoms with Crippen LogP contribution in [0.5, 0.6) is 0 Å². The first-order chi connectivity index (χ1) is 10.0. The third kappa shape index (κ3) is 4.38. The van der Waals surface area contributed by atoms with Gasteiger partial charge >= 0.3 is 0 Å². The molecule has 0 bridgehead atoms. The van der Waals surface area contributed by atoms with Crippen molar-refractivity contribution in [3.63, 3.8) is 0 Å². The lowest BCUT2D eigenvalue weighted by molar-refractivity contribution is 0.0163. The Morgan fingerprint density at radius 1 is 0.609 bits per heavy atom. The molecule has 132 valence electrons. The summed E-state index contributed by atoms with van der Waals surface area (Å²) < 4.78 is 5.92. The van der Waals surface area contributed by atoms with Gasteiger partial charge in [-0.15, -0.1) is 0 Å². The van der Waals surface area contributed by atoms with Crippen LogP contribution < -0.4 is 0 Å². The van der Waals surface area contributed by atoms with Crippen LogP contribution in [0.25, 0.3) is 0 Å². The lowest BCUT2D eigenvalue weighted by Crippen LogP contribution is -2.32. The molecule has 0 fully saturated rings. The van der Waals surface area contributed by atoms with Crippen molar-refractivity contribution in [3.8, 4) is 0 Å². The lowest BCUT2D eigenvalue weighted by Gasteiger charge is -2.39. The Morgan fingerprint density at radius 2 is 0.957 bits per heavy atom. The molecule has 0 amide bonds. The number of hydrogen-bond acceptors (Lipinski definition) is 1. The van der Waals surface area contributed by atoms with Gasteiger partial charge in [0.05, 0.1) is 5.60 Å². The Morgan fingerprint density at radius 3 is 1.17 bits per heavy atom. The maximum Gasteiger partial charge on any atom is 0.0877 e. The van der Waals surface area contributed by atoms with E-state index < -0.39 is 0 Å². The van der Waals surface area contributed by atoms with Gasteiger partial charge in [0.1, 0.15) is 0 Å². The first-order valence-electron chi connectivity index (χ1n) is 8.77. The fourth-order valence-electron chi connectivity index (χ4n) is 3.01. The molecule has 0 aliphatic heterocycles. The zero-order chi connectivity index (χ0) is 18.4. The van der Waals surface area contributed by atoms with Crippen molar-refractivity contribution in [2.45, 2.75) is 98.0 Å². The molecule has 1 rings (SSSR count). The minimum absolute atomic E-state index is 0.0758. The predicted molar refractivity (Wildman–Crippen MR) is 103 cm³/mol. The highest BCUT2D eigenvalue weighted by Gasteiger charge is 2.35. The molecule has 0 saturated carbocycles. The van der Waals surface area contributed by atoms with Crippen molar-refractivity contribution in [2.24, 2.45) is 0 Å². The second-order valence-electron chi connectivity index (χ2n) is 10.4. The van der Waals surface area contributed by atoms with Gasteiger partial charge in [0.25, 0.3) is 0 Å². The van der Waals surface area contributed by atoms with Gasteiger partial charge in [-0.2, -0.15) is 0 Å². The van der Waals surface area contributed by atoms with Crippen molar-refractivity contribution < 1.29 is 4.74 Å². The second kappa shape index (κ2) is 5.92. The molecule has 0 unspecified atom stereocenters. The monoisotopic (exact) mass is 318 g/mol. The zero-order valence-electron chi connectivity index (χ0n) is 17.6. The van der Waals surface area contributed by atoms with Gasteiger partial charge in [-0.1, -0.05) is 74.4 Å². The normalized spacial score (nSPS) is 14.3. The number of ether oxygens (including phenoxy) is 1. The van der Waals surface area contributed by atoms with Crippen molar-refractivity contribution in [2.75, 3.05) is 7.11 Å². The maximum atomic E-state index is 5.92. The highest BCUT2D eigenvalue weighted by atomic mass is 16.5. The first kappa shape index (κ1) is 20.2. The third-order valence-corrected chi connectivity index (χ3v) is 4.73. The molecule has 0 radical (unpaired) electrons. The van der Waals surface area contributed by atoms with Crippen molar-refractivity contribution in [3.05, 3.63) is 34.4 Å². The molecule has 1 nitrogen and oxygen atoms in total. The Balaban J connectivity index is 3.99. The van der Waals surface area contributed by atoms with E-state index in [1.807, 2.05) is 7.11 Å². The van der Waals surface area contributed by atoms with Gasteiger partial charge in [0.2, 0.25) is 0 Å². The van der Waals surface area contributed by atoms with Crippen LogP contribution in [0.3, 0.4) is 0 Å². The van der Waals surface area contributed by atoms with E-state index in [1.165, 1.54) is 22.3 Å². The molecule has 0 aliphatic rings. The van der Waals surface area contributed by atoms with Gasteiger partial charge in [-0.25, -0.2) is 0 Å². The van der Waals surface area contributed by atoms with E-state index in [4.69, 9.17) is 4.74 Å². The van der Waals surface area contributed by atoms with E-state index in [0.29, 0.717) is 0 Å². The minimum Gasteiger partial charge on any atom is -0.374 e. The Kier molecular flexibility index (Phi) is 5.20. The summed E-state index contributed by atoms with van der Waals surface area (Å²) in [6.45, 7) is 25.1. The van der Waals surface area contributed by atoms with Crippen LogP contribution in [0.15, 0.2) is 12.1 Å². The van der Waals surface area contributed by atoms with Gasteiger partial charge in [-0.3, -0.25) is 0 Å². The van der Waals surface area contributed by atoms with Gasteiger partial charge < -0.3 is 4.74 Å². The third-order valence-electron chi connectivity index (χ3n) is 4.73. The highest BCUT2D eigenvalue weighted by Crippen LogP contribution is 2.43. The summed E-state index contributed by atoms with van der Waals surface area (Å²) in [5.74, 6) is 0. The quantitative estimate of drug-likeness (QED) is 0.608. The number of rotatable bonds is 2. The molecule has 1 aromatic rings. The minimum atomic E-state index is -0.304. The van der Waals surface area contributed by atoms with Crippen LogP contribution in [-0.2, 0) is 26.6 Å². The summed E-state index contributed by atoms with van der Waals surface area (Å²) >= 11 is 0. The van der Waals surface area contributed by atoms with Crippen LogP contribution in [0.4, 0.5) is 0 Å². The number of hydrogen-bond donors (Lipinski definition) is 0. The molecule has 0 heterocycles. The number of methoxy groups -OCH3 is 1. The fraction of sp³-hybridized carbons (Fsp3) is 0.727. The summed E-state index contributed by atoms with van der Waals surface area (Å²) in [6, 6.07) is 4.82. The summed E-state index contributed by atoms with van der Waals surface area (Å²) in [6.07, 6.45) is 0. The van der Waals surface area contributed by atoms with E-state index in [9.17, 15) is 0 Å². The maximum absolute atomic E-state index is 5.92. The van der Waals surface area contributed by atoms with Gasteiger partial charge in [-0.05, 0) is 52.3 Å². The molecule has 0 N–H and O–H groups in total. The van der Waals surface area contributed by atoms with E-state index >= 15 is 0 Å². The first-order valence-corrected chi connectivity index (χ1v) is 8.77. The Bertz CT molecular complexity index is 522. The molecule has 0 aliphatic carbocycles. The molecule has 1 aromatic carbocycles. The van der Waals surface area contributed by atoms with Crippen LogP contribution in [-0.4, -0.2) is 7.11 Å². The van der Waals surface area contributed by atoms with Crippen LogP contribution in [0.1, 0.15) is 98.4 Å². The smallest absolute Gasteiger partial charge is 0.0877 e. The average molecular weight is 319 g/mol. The average Bonchev–Trinajstić information content (AvgIpc) is 2.34. The van der Waals surface area contributed by atoms with Crippen LogP contribution in [0, 0.1) is 0 Å². The molecular weight excluding hydrogens is 280 g/mol.